The molecule has 0 saturated heterocycles. The monoisotopic (exact) mass is 329 g/mol. The fraction of sp³-hybridized carbons (Fsp3) is 0.579. The van der Waals surface area contributed by atoms with Crippen LogP contribution in [-0.4, -0.2) is 24.0 Å². The van der Waals surface area contributed by atoms with E-state index in [-0.39, 0.29) is 16.9 Å². The van der Waals surface area contributed by atoms with Crippen LogP contribution in [0.4, 0.5) is 4.79 Å². The van der Waals surface area contributed by atoms with Crippen LogP contribution in [0.5, 0.6) is 0 Å². The third-order valence-corrected chi connectivity index (χ3v) is 6.07. The summed E-state index contributed by atoms with van der Waals surface area (Å²) in [4.78, 5) is 24.2. The van der Waals surface area contributed by atoms with Gasteiger partial charge in [-0.15, -0.1) is 0 Å². The van der Waals surface area contributed by atoms with Gasteiger partial charge in [0.05, 0.1) is 0 Å². The number of urea groups is 1. The first-order valence-electron chi connectivity index (χ1n) is 8.73. The summed E-state index contributed by atoms with van der Waals surface area (Å²) in [5, 5.41) is 5.83. The molecule has 0 aromatic heterocycles. The Morgan fingerprint density at radius 1 is 1.12 bits per heavy atom. The van der Waals surface area contributed by atoms with E-state index < -0.39 is 11.4 Å². The Labute approximate surface area is 143 Å². The molecule has 2 aliphatic carbocycles. The summed E-state index contributed by atoms with van der Waals surface area (Å²) in [6.07, 6.45) is 4.13. The Morgan fingerprint density at radius 2 is 1.71 bits per heavy atom. The van der Waals surface area contributed by atoms with Crippen LogP contribution in [0.15, 0.2) is 30.3 Å². The minimum absolute atomic E-state index is 0.0405. The van der Waals surface area contributed by atoms with Gasteiger partial charge in [-0.3, -0.25) is 4.79 Å². The summed E-state index contributed by atoms with van der Waals surface area (Å²) in [6, 6.07) is 10.0. The van der Waals surface area contributed by atoms with Gasteiger partial charge >= 0.3 is 6.03 Å². The van der Waals surface area contributed by atoms with E-state index in [1.54, 1.807) is 0 Å². The molecule has 2 saturated carbocycles. The van der Waals surface area contributed by atoms with Crippen LogP contribution in [-0.2, 0) is 10.2 Å². The average Bonchev–Trinajstić information content (AvgIpc) is 2.88. The van der Waals surface area contributed by atoms with Gasteiger partial charge in [-0.05, 0) is 30.2 Å². The number of hydrogen-bond acceptors (Lipinski definition) is 2. The van der Waals surface area contributed by atoms with Crippen molar-refractivity contribution in [2.75, 3.05) is 6.54 Å². The molecule has 0 radical (unpaired) electrons. The fourth-order valence-corrected chi connectivity index (χ4v) is 4.27. The van der Waals surface area contributed by atoms with Gasteiger partial charge in [0.15, 0.2) is 0 Å². The van der Waals surface area contributed by atoms with Crippen LogP contribution >= 0.6 is 0 Å². The molecule has 24 heavy (non-hydrogen) atoms. The molecule has 1 aromatic carbocycles. The molecule has 2 aliphatic rings. The standard InChI is InChI=1S/C19H27N3O2/c1-17(2)12-18(17,14-8-4-3-5-9-14)13-21-16(24)22-19(15(20)23)10-6-7-11-19/h3-5,8-9H,6-7,10-13H2,1-2H3,(H2,20,23)(H2,21,22,24)/t18-/m0/s1. The Bertz CT molecular complexity index is 635. The summed E-state index contributed by atoms with van der Waals surface area (Å²) in [5.74, 6) is -0.431. The topological polar surface area (TPSA) is 84.2 Å². The minimum atomic E-state index is -0.872. The number of carbonyl (C=O) groups is 2. The molecule has 1 aromatic rings. The van der Waals surface area contributed by atoms with Gasteiger partial charge in [-0.2, -0.15) is 0 Å². The lowest BCUT2D eigenvalue weighted by atomic mass is 9.88. The third kappa shape index (κ3) is 2.76. The SMILES string of the molecule is CC1(C)C[C@]1(CNC(=O)NC1(C(N)=O)CCCC1)c1ccccc1. The summed E-state index contributed by atoms with van der Waals surface area (Å²) < 4.78 is 0. The number of hydrogen-bond donors (Lipinski definition) is 3. The first-order valence-corrected chi connectivity index (χ1v) is 8.73. The van der Waals surface area contributed by atoms with Crippen molar-refractivity contribution >= 4 is 11.9 Å². The van der Waals surface area contributed by atoms with Crippen molar-refractivity contribution < 1.29 is 9.59 Å². The van der Waals surface area contributed by atoms with Gasteiger partial charge in [-0.25, -0.2) is 4.79 Å². The molecule has 3 amide bonds. The minimum Gasteiger partial charge on any atom is -0.368 e. The highest BCUT2D eigenvalue weighted by Crippen LogP contribution is 2.63. The van der Waals surface area contributed by atoms with Crippen LogP contribution in [0.25, 0.3) is 0 Å². The maximum atomic E-state index is 12.4. The number of nitrogens with two attached hydrogens (primary N) is 1. The highest BCUT2D eigenvalue weighted by atomic mass is 16.2. The van der Waals surface area contributed by atoms with Gasteiger partial charge in [0.2, 0.25) is 5.91 Å². The van der Waals surface area contributed by atoms with Gasteiger partial charge in [-0.1, -0.05) is 57.0 Å². The van der Waals surface area contributed by atoms with E-state index in [1.165, 1.54) is 5.56 Å². The lowest BCUT2D eigenvalue weighted by Crippen LogP contribution is -2.58. The van der Waals surface area contributed by atoms with E-state index >= 15 is 0 Å². The highest BCUT2D eigenvalue weighted by Gasteiger charge is 2.61. The van der Waals surface area contributed by atoms with Crippen molar-refractivity contribution in [1.29, 1.82) is 0 Å². The molecule has 0 bridgehead atoms. The third-order valence-electron chi connectivity index (χ3n) is 6.07. The van der Waals surface area contributed by atoms with Crippen LogP contribution < -0.4 is 16.4 Å². The van der Waals surface area contributed by atoms with Crippen molar-refractivity contribution in [2.24, 2.45) is 11.1 Å². The molecule has 5 nitrogen and oxygen atoms in total. The number of carbonyl (C=O) groups excluding carboxylic acids is 2. The molecular formula is C19H27N3O2. The predicted octanol–water partition coefficient (Wildman–Crippen LogP) is 2.45. The normalized spacial score (nSPS) is 26.6. The van der Waals surface area contributed by atoms with Crippen LogP contribution in [0.1, 0.15) is 51.5 Å². The van der Waals surface area contributed by atoms with E-state index in [9.17, 15) is 9.59 Å². The molecule has 1 atom stereocenters. The molecule has 0 spiro atoms. The lowest BCUT2D eigenvalue weighted by molar-refractivity contribution is -0.123. The van der Waals surface area contributed by atoms with Gasteiger partial charge in [0.1, 0.15) is 5.54 Å². The van der Waals surface area contributed by atoms with Crippen molar-refractivity contribution in [3.8, 4) is 0 Å². The Balaban J connectivity index is 1.66. The lowest BCUT2D eigenvalue weighted by Gasteiger charge is -2.28. The zero-order chi connectivity index (χ0) is 17.4. The number of benzene rings is 1. The maximum Gasteiger partial charge on any atom is 0.315 e. The Morgan fingerprint density at radius 3 is 2.21 bits per heavy atom. The van der Waals surface area contributed by atoms with Crippen LogP contribution in [0.3, 0.4) is 0 Å². The van der Waals surface area contributed by atoms with Gasteiger partial charge < -0.3 is 16.4 Å². The second kappa shape index (κ2) is 5.80. The fourth-order valence-electron chi connectivity index (χ4n) is 4.27. The second-order valence-electron chi connectivity index (χ2n) is 7.97. The van der Waals surface area contributed by atoms with Crippen LogP contribution in [0, 0.1) is 5.41 Å². The molecule has 2 fully saturated rings. The average molecular weight is 329 g/mol. The summed E-state index contributed by atoms with van der Waals surface area (Å²) in [6.45, 7) is 5.01. The zero-order valence-electron chi connectivity index (χ0n) is 14.5. The van der Waals surface area contributed by atoms with Gasteiger partial charge in [0.25, 0.3) is 0 Å². The second-order valence-corrected chi connectivity index (χ2v) is 7.97. The molecule has 0 aliphatic heterocycles. The predicted molar refractivity (Wildman–Crippen MR) is 93.4 cm³/mol. The highest BCUT2D eigenvalue weighted by molar-refractivity contribution is 5.90. The van der Waals surface area contributed by atoms with E-state index in [2.05, 4.69) is 36.6 Å². The molecular weight excluding hydrogens is 302 g/mol. The largest absolute Gasteiger partial charge is 0.368 e. The van der Waals surface area contributed by atoms with E-state index in [4.69, 9.17) is 5.73 Å². The smallest absolute Gasteiger partial charge is 0.315 e. The molecule has 0 heterocycles. The summed E-state index contributed by atoms with van der Waals surface area (Å²) in [5.41, 5.74) is 6.02. The summed E-state index contributed by atoms with van der Waals surface area (Å²) >= 11 is 0. The molecule has 5 heteroatoms. The Hall–Kier alpha value is -2.04. The quantitative estimate of drug-likeness (QED) is 0.775. The number of amides is 3. The molecule has 3 rings (SSSR count). The first kappa shape index (κ1) is 16.8. The number of primary amides is 1. The number of nitrogens with one attached hydrogen (secondary N) is 2. The molecule has 0 unspecified atom stereocenters. The van der Waals surface area contributed by atoms with Gasteiger partial charge in [0, 0.05) is 12.0 Å². The zero-order valence-corrected chi connectivity index (χ0v) is 14.5. The van der Waals surface area contributed by atoms with E-state index in [0.29, 0.717) is 19.4 Å². The van der Waals surface area contributed by atoms with Crippen molar-refractivity contribution in [3.63, 3.8) is 0 Å². The first-order chi connectivity index (χ1) is 11.3. The van der Waals surface area contributed by atoms with Crippen molar-refractivity contribution in [2.45, 2.75) is 56.9 Å². The number of rotatable bonds is 5. The van der Waals surface area contributed by atoms with Crippen molar-refractivity contribution in [1.82, 2.24) is 10.6 Å². The van der Waals surface area contributed by atoms with Crippen LogP contribution in [0.2, 0.25) is 0 Å². The summed E-state index contributed by atoms with van der Waals surface area (Å²) in [7, 11) is 0. The van der Waals surface area contributed by atoms with Crippen molar-refractivity contribution in [3.05, 3.63) is 35.9 Å². The van der Waals surface area contributed by atoms with E-state index in [1.807, 2.05) is 18.2 Å². The Kier molecular flexibility index (Phi) is 4.06. The van der Waals surface area contributed by atoms with E-state index in [0.717, 1.165) is 19.3 Å². The molecule has 4 N–H and O–H groups in total. The molecule has 130 valence electrons. The maximum absolute atomic E-state index is 12.4.